The number of hydrogen-bond acceptors (Lipinski definition) is 3. The highest BCUT2D eigenvalue weighted by molar-refractivity contribution is 5.55. The number of anilines is 1. The van der Waals surface area contributed by atoms with Crippen molar-refractivity contribution in [3.05, 3.63) is 65.2 Å². The Hall–Kier alpha value is -2.19. The first kappa shape index (κ1) is 23.0. The highest BCUT2D eigenvalue weighted by Crippen LogP contribution is 2.37. The van der Waals surface area contributed by atoms with Crippen LogP contribution in [0.1, 0.15) is 36.9 Å². The fourth-order valence-electron chi connectivity index (χ4n) is 4.93. The molecule has 2 fully saturated rings. The fourth-order valence-corrected chi connectivity index (χ4v) is 4.93. The van der Waals surface area contributed by atoms with Crippen LogP contribution in [-0.2, 0) is 6.18 Å². The summed E-state index contributed by atoms with van der Waals surface area (Å²) >= 11 is 0. The van der Waals surface area contributed by atoms with Crippen LogP contribution in [0.25, 0.3) is 0 Å². The van der Waals surface area contributed by atoms with Crippen molar-refractivity contribution in [2.24, 2.45) is 0 Å². The van der Waals surface area contributed by atoms with Crippen molar-refractivity contribution in [3.8, 4) is 0 Å². The Bertz CT molecular complexity index is 899. The SMILES string of the molecule is CC(c1ccc(F)cc1)N1CCC(N2CCN(c3ccc(F)cc3C(F)(F)F)CC2)CC1. The standard InChI is InChI=1S/C24H28F5N3/c1-17(18-2-4-19(25)5-3-18)30-10-8-21(9-11-30)31-12-14-32(15-13-31)23-7-6-20(26)16-22(23)24(27,28)29/h2-7,16-17,21H,8-15H2,1H3. The van der Waals surface area contributed by atoms with Gasteiger partial charge >= 0.3 is 6.18 Å². The molecule has 0 bridgehead atoms. The predicted molar refractivity (Wildman–Crippen MR) is 115 cm³/mol. The molecular formula is C24H28F5N3. The van der Waals surface area contributed by atoms with Crippen LogP contribution in [0.4, 0.5) is 27.6 Å². The van der Waals surface area contributed by atoms with Gasteiger partial charge in [-0.3, -0.25) is 9.80 Å². The van der Waals surface area contributed by atoms with Gasteiger partial charge in [0.05, 0.1) is 5.56 Å². The maximum absolute atomic E-state index is 13.4. The van der Waals surface area contributed by atoms with E-state index in [0.29, 0.717) is 38.3 Å². The summed E-state index contributed by atoms with van der Waals surface area (Å²) in [5, 5.41) is 0. The Labute approximate surface area is 185 Å². The quantitative estimate of drug-likeness (QED) is 0.580. The van der Waals surface area contributed by atoms with Gasteiger partial charge in [-0.25, -0.2) is 8.78 Å². The highest BCUT2D eigenvalue weighted by Gasteiger charge is 2.36. The van der Waals surface area contributed by atoms with Gasteiger partial charge in [0, 0.05) is 57.0 Å². The molecule has 4 rings (SSSR count). The van der Waals surface area contributed by atoms with Gasteiger partial charge in [0.1, 0.15) is 11.6 Å². The van der Waals surface area contributed by atoms with E-state index in [9.17, 15) is 22.0 Å². The Morgan fingerprint density at radius 2 is 1.41 bits per heavy atom. The van der Waals surface area contributed by atoms with Gasteiger partial charge in [0.2, 0.25) is 0 Å². The first-order chi connectivity index (χ1) is 15.2. The zero-order valence-electron chi connectivity index (χ0n) is 18.1. The molecule has 0 N–H and O–H groups in total. The second kappa shape index (κ2) is 9.35. The zero-order chi connectivity index (χ0) is 22.9. The third-order valence-corrected chi connectivity index (χ3v) is 6.83. The maximum Gasteiger partial charge on any atom is 0.418 e. The summed E-state index contributed by atoms with van der Waals surface area (Å²) in [5.41, 5.74) is 0.244. The van der Waals surface area contributed by atoms with Crippen LogP contribution in [-0.4, -0.2) is 55.1 Å². The zero-order valence-corrected chi connectivity index (χ0v) is 18.1. The van der Waals surface area contributed by atoms with Crippen LogP contribution in [0.3, 0.4) is 0 Å². The molecule has 0 radical (unpaired) electrons. The molecule has 174 valence electrons. The molecule has 0 aliphatic carbocycles. The van der Waals surface area contributed by atoms with Crippen molar-refractivity contribution in [1.82, 2.24) is 9.80 Å². The topological polar surface area (TPSA) is 9.72 Å². The first-order valence-electron chi connectivity index (χ1n) is 11.1. The van der Waals surface area contributed by atoms with Crippen molar-refractivity contribution in [2.45, 2.75) is 38.0 Å². The van der Waals surface area contributed by atoms with E-state index in [1.165, 1.54) is 18.2 Å². The van der Waals surface area contributed by atoms with Crippen molar-refractivity contribution < 1.29 is 22.0 Å². The average Bonchev–Trinajstić information content (AvgIpc) is 2.79. The summed E-state index contributed by atoms with van der Waals surface area (Å²) in [4.78, 5) is 6.48. The first-order valence-corrected chi connectivity index (χ1v) is 11.1. The van der Waals surface area contributed by atoms with E-state index in [-0.39, 0.29) is 17.5 Å². The van der Waals surface area contributed by atoms with E-state index in [1.807, 2.05) is 12.1 Å². The number of hydrogen-bond donors (Lipinski definition) is 0. The molecule has 2 aliphatic rings. The normalized spacial score (nSPS) is 20.5. The fraction of sp³-hybridized carbons (Fsp3) is 0.500. The van der Waals surface area contributed by atoms with E-state index >= 15 is 0 Å². The number of likely N-dealkylation sites (tertiary alicyclic amines) is 1. The molecule has 8 heteroatoms. The monoisotopic (exact) mass is 453 g/mol. The molecule has 2 aromatic rings. The summed E-state index contributed by atoms with van der Waals surface area (Å²) in [6.45, 7) is 6.34. The summed E-state index contributed by atoms with van der Waals surface area (Å²) in [6, 6.07) is 10.2. The van der Waals surface area contributed by atoms with Gasteiger partial charge < -0.3 is 4.90 Å². The molecule has 32 heavy (non-hydrogen) atoms. The van der Waals surface area contributed by atoms with E-state index < -0.39 is 17.6 Å². The van der Waals surface area contributed by atoms with Crippen molar-refractivity contribution >= 4 is 5.69 Å². The number of rotatable bonds is 4. The lowest BCUT2D eigenvalue weighted by atomic mass is 9.98. The molecule has 2 saturated heterocycles. The number of alkyl halides is 3. The van der Waals surface area contributed by atoms with Gasteiger partial charge in [0.15, 0.2) is 0 Å². The Morgan fingerprint density at radius 1 is 0.812 bits per heavy atom. The van der Waals surface area contributed by atoms with E-state index in [0.717, 1.165) is 37.6 Å². The highest BCUT2D eigenvalue weighted by atomic mass is 19.4. The number of benzene rings is 2. The smallest absolute Gasteiger partial charge is 0.368 e. The van der Waals surface area contributed by atoms with Crippen LogP contribution in [0, 0.1) is 11.6 Å². The van der Waals surface area contributed by atoms with E-state index in [1.54, 1.807) is 4.90 Å². The van der Waals surface area contributed by atoms with Crippen LogP contribution in [0.15, 0.2) is 42.5 Å². The minimum absolute atomic E-state index is 0.0569. The summed E-state index contributed by atoms with van der Waals surface area (Å²) in [5.74, 6) is -1.11. The Morgan fingerprint density at radius 3 is 2.00 bits per heavy atom. The largest absolute Gasteiger partial charge is 0.418 e. The molecule has 0 spiro atoms. The van der Waals surface area contributed by atoms with Crippen molar-refractivity contribution in [3.63, 3.8) is 0 Å². The Kier molecular flexibility index (Phi) is 6.72. The minimum Gasteiger partial charge on any atom is -0.368 e. The third-order valence-electron chi connectivity index (χ3n) is 6.83. The summed E-state index contributed by atoms with van der Waals surface area (Å²) in [7, 11) is 0. The summed E-state index contributed by atoms with van der Waals surface area (Å²) in [6.07, 6.45) is -2.59. The maximum atomic E-state index is 13.4. The molecular weight excluding hydrogens is 425 g/mol. The lowest BCUT2D eigenvalue weighted by Gasteiger charge is -2.44. The van der Waals surface area contributed by atoms with Crippen molar-refractivity contribution in [1.29, 1.82) is 0 Å². The van der Waals surface area contributed by atoms with Gasteiger partial charge in [-0.2, -0.15) is 13.2 Å². The summed E-state index contributed by atoms with van der Waals surface area (Å²) < 4.78 is 66.7. The third kappa shape index (κ3) is 5.07. The molecule has 2 aromatic carbocycles. The second-order valence-electron chi connectivity index (χ2n) is 8.68. The van der Waals surface area contributed by atoms with E-state index in [2.05, 4.69) is 16.7 Å². The molecule has 3 nitrogen and oxygen atoms in total. The molecule has 0 amide bonds. The predicted octanol–water partition coefficient (Wildman–Crippen LogP) is 5.33. The molecule has 2 heterocycles. The van der Waals surface area contributed by atoms with Gasteiger partial charge in [-0.1, -0.05) is 12.1 Å². The van der Waals surface area contributed by atoms with Crippen LogP contribution < -0.4 is 4.90 Å². The van der Waals surface area contributed by atoms with Crippen LogP contribution >= 0.6 is 0 Å². The number of halogens is 5. The molecule has 1 atom stereocenters. The lowest BCUT2D eigenvalue weighted by Crippen LogP contribution is -2.53. The molecule has 0 aromatic heterocycles. The van der Waals surface area contributed by atoms with Crippen LogP contribution in [0.5, 0.6) is 0 Å². The van der Waals surface area contributed by atoms with Crippen molar-refractivity contribution in [2.75, 3.05) is 44.2 Å². The number of nitrogens with zero attached hydrogens (tertiary/aromatic N) is 3. The van der Waals surface area contributed by atoms with Gasteiger partial charge in [-0.05, 0) is 55.7 Å². The molecule has 2 aliphatic heterocycles. The van der Waals surface area contributed by atoms with E-state index in [4.69, 9.17) is 0 Å². The number of piperidine rings is 1. The average molecular weight is 453 g/mol. The minimum atomic E-state index is -4.58. The van der Waals surface area contributed by atoms with Gasteiger partial charge in [-0.15, -0.1) is 0 Å². The lowest BCUT2D eigenvalue weighted by molar-refractivity contribution is -0.137. The Balaban J connectivity index is 1.32. The molecule has 0 saturated carbocycles. The van der Waals surface area contributed by atoms with Gasteiger partial charge in [0.25, 0.3) is 0 Å². The second-order valence-corrected chi connectivity index (χ2v) is 8.68. The molecule has 1 unspecified atom stereocenters. The number of piperazine rings is 1. The van der Waals surface area contributed by atoms with Crippen LogP contribution in [0.2, 0.25) is 0 Å².